The van der Waals surface area contributed by atoms with Gasteiger partial charge in [-0.1, -0.05) is 11.8 Å². The van der Waals surface area contributed by atoms with Crippen LogP contribution in [0.25, 0.3) is 0 Å². The minimum atomic E-state index is -0.209. The smallest absolute Gasteiger partial charge is 0.161 e. The first-order valence-electron chi connectivity index (χ1n) is 4.58. The number of benzene rings is 1. The second-order valence-corrected chi connectivity index (χ2v) is 5.51. The Morgan fingerprint density at radius 3 is 3.00 bits per heavy atom. The molecule has 1 aliphatic heterocycles. The topological polar surface area (TPSA) is 24.4 Å². The second-order valence-electron chi connectivity index (χ2n) is 3.34. The van der Waals surface area contributed by atoms with E-state index in [0.29, 0.717) is 6.04 Å². The predicted molar refractivity (Wildman–Crippen MR) is 72.1 cm³/mol. The normalized spacial score (nSPS) is 20.2. The van der Waals surface area contributed by atoms with Crippen LogP contribution < -0.4 is 5.32 Å². The highest BCUT2D eigenvalue weighted by atomic mass is 127. The maximum absolute atomic E-state index is 12.9. The van der Waals surface area contributed by atoms with Crippen molar-refractivity contribution in [1.29, 1.82) is 0 Å². The summed E-state index contributed by atoms with van der Waals surface area (Å²) in [6.45, 7) is 2.08. The van der Waals surface area contributed by atoms with Gasteiger partial charge in [0.15, 0.2) is 5.17 Å². The van der Waals surface area contributed by atoms with Gasteiger partial charge in [0.2, 0.25) is 0 Å². The average molecular weight is 336 g/mol. The van der Waals surface area contributed by atoms with Crippen molar-refractivity contribution >= 4 is 45.2 Å². The van der Waals surface area contributed by atoms with E-state index in [1.54, 1.807) is 17.8 Å². The number of halogens is 2. The number of aliphatic imine (C=N–C) groups is 1. The third kappa shape index (κ3) is 2.84. The summed E-state index contributed by atoms with van der Waals surface area (Å²) < 4.78 is 13.7. The summed E-state index contributed by atoms with van der Waals surface area (Å²) >= 11 is 3.81. The molecule has 1 aromatic rings. The van der Waals surface area contributed by atoms with Gasteiger partial charge in [-0.2, -0.15) is 0 Å². The summed E-state index contributed by atoms with van der Waals surface area (Å²) in [5.41, 5.74) is 0.914. The molecule has 5 heteroatoms. The molecule has 80 valence electrons. The highest BCUT2D eigenvalue weighted by Gasteiger charge is 2.14. The molecule has 1 N–H and O–H groups in total. The van der Waals surface area contributed by atoms with E-state index < -0.39 is 0 Å². The minimum absolute atomic E-state index is 0.209. The van der Waals surface area contributed by atoms with E-state index in [-0.39, 0.29) is 5.82 Å². The van der Waals surface area contributed by atoms with Gasteiger partial charge in [0.05, 0.1) is 11.7 Å². The van der Waals surface area contributed by atoms with Crippen molar-refractivity contribution in [2.45, 2.75) is 13.0 Å². The van der Waals surface area contributed by atoms with E-state index in [4.69, 9.17) is 0 Å². The molecule has 2 rings (SSSR count). The van der Waals surface area contributed by atoms with Crippen molar-refractivity contribution < 1.29 is 4.39 Å². The van der Waals surface area contributed by atoms with Gasteiger partial charge in [0, 0.05) is 9.32 Å². The van der Waals surface area contributed by atoms with Crippen LogP contribution in [0.4, 0.5) is 10.1 Å². The summed E-state index contributed by atoms with van der Waals surface area (Å²) in [4.78, 5) is 4.42. The van der Waals surface area contributed by atoms with Crippen LogP contribution in [0.1, 0.15) is 6.92 Å². The number of hydrogen-bond donors (Lipinski definition) is 1. The Morgan fingerprint density at radius 2 is 2.40 bits per heavy atom. The van der Waals surface area contributed by atoms with E-state index in [0.717, 1.165) is 20.2 Å². The quantitative estimate of drug-likeness (QED) is 0.796. The first kappa shape index (κ1) is 11.2. The summed E-state index contributed by atoms with van der Waals surface area (Å²) in [6, 6.07) is 5.07. The predicted octanol–water partition coefficient (Wildman–Crippen LogP) is 3.33. The van der Waals surface area contributed by atoms with Gasteiger partial charge in [-0.25, -0.2) is 4.39 Å². The van der Waals surface area contributed by atoms with E-state index >= 15 is 0 Å². The minimum Gasteiger partial charge on any atom is -0.334 e. The number of hydrogen-bond acceptors (Lipinski definition) is 3. The highest BCUT2D eigenvalue weighted by molar-refractivity contribution is 14.1. The number of amidine groups is 1. The van der Waals surface area contributed by atoms with Crippen LogP contribution >= 0.6 is 34.4 Å². The maximum atomic E-state index is 12.9. The van der Waals surface area contributed by atoms with E-state index in [1.165, 1.54) is 12.1 Å². The Morgan fingerprint density at radius 1 is 1.60 bits per heavy atom. The number of rotatable bonds is 1. The molecule has 15 heavy (non-hydrogen) atoms. The van der Waals surface area contributed by atoms with Gasteiger partial charge < -0.3 is 5.32 Å². The molecule has 0 radical (unpaired) electrons. The lowest BCUT2D eigenvalue weighted by Gasteiger charge is -2.06. The van der Waals surface area contributed by atoms with Crippen LogP contribution in [-0.2, 0) is 0 Å². The maximum Gasteiger partial charge on any atom is 0.161 e. The lowest BCUT2D eigenvalue weighted by molar-refractivity contribution is 0.627. The first-order chi connectivity index (χ1) is 7.15. The number of nitrogens with one attached hydrogen (secondary N) is 1. The fraction of sp³-hybridized carbons (Fsp3) is 0.300. The Kier molecular flexibility index (Phi) is 3.50. The molecule has 1 heterocycles. The molecule has 0 spiro atoms. The summed E-state index contributed by atoms with van der Waals surface area (Å²) in [5, 5.41) is 4.13. The molecule has 0 bridgehead atoms. The van der Waals surface area contributed by atoms with Gasteiger partial charge in [-0.05, 0) is 47.7 Å². The first-order valence-corrected chi connectivity index (χ1v) is 6.64. The van der Waals surface area contributed by atoms with Crippen LogP contribution in [0.3, 0.4) is 0 Å². The van der Waals surface area contributed by atoms with Crippen molar-refractivity contribution in [1.82, 2.24) is 0 Å². The van der Waals surface area contributed by atoms with Crippen molar-refractivity contribution in [3.8, 4) is 0 Å². The third-order valence-electron chi connectivity index (χ3n) is 1.97. The SMILES string of the molecule is CC1CSC(Nc2ccc(F)cc2I)=N1. The molecule has 1 aromatic carbocycles. The highest BCUT2D eigenvalue weighted by Crippen LogP contribution is 2.23. The van der Waals surface area contributed by atoms with Crippen LogP contribution in [-0.4, -0.2) is 17.0 Å². The number of anilines is 1. The van der Waals surface area contributed by atoms with Crippen LogP contribution in [0.15, 0.2) is 23.2 Å². The molecule has 0 aromatic heterocycles. The Balaban J connectivity index is 2.14. The molecular formula is C10H10FIN2S. The second kappa shape index (κ2) is 4.69. The zero-order valence-corrected chi connectivity index (χ0v) is 11.1. The molecule has 0 saturated heterocycles. The zero-order chi connectivity index (χ0) is 10.8. The number of thioether (sulfide) groups is 1. The fourth-order valence-electron chi connectivity index (χ4n) is 1.25. The largest absolute Gasteiger partial charge is 0.334 e. The Labute approximate surface area is 106 Å². The summed E-state index contributed by atoms with van der Waals surface area (Å²) in [5.74, 6) is 0.805. The molecular weight excluding hydrogens is 326 g/mol. The van der Waals surface area contributed by atoms with Gasteiger partial charge in [0.1, 0.15) is 5.82 Å². The summed E-state index contributed by atoms with van der Waals surface area (Å²) in [7, 11) is 0. The van der Waals surface area contributed by atoms with Gasteiger partial charge in [0.25, 0.3) is 0 Å². The van der Waals surface area contributed by atoms with E-state index in [1.807, 2.05) is 0 Å². The van der Waals surface area contributed by atoms with Crippen molar-refractivity contribution in [3.63, 3.8) is 0 Å². The lowest BCUT2D eigenvalue weighted by Crippen LogP contribution is -2.06. The number of nitrogens with zero attached hydrogens (tertiary/aromatic N) is 1. The fourth-order valence-corrected chi connectivity index (χ4v) is 2.77. The molecule has 2 nitrogen and oxygen atoms in total. The van der Waals surface area contributed by atoms with Gasteiger partial charge in [-0.3, -0.25) is 4.99 Å². The lowest BCUT2D eigenvalue weighted by atomic mass is 10.3. The molecule has 0 aliphatic carbocycles. The van der Waals surface area contributed by atoms with Crippen molar-refractivity contribution in [2.75, 3.05) is 11.1 Å². The van der Waals surface area contributed by atoms with Gasteiger partial charge >= 0.3 is 0 Å². The van der Waals surface area contributed by atoms with Gasteiger partial charge in [-0.15, -0.1) is 0 Å². The zero-order valence-electron chi connectivity index (χ0n) is 8.13. The van der Waals surface area contributed by atoms with Crippen LogP contribution in [0.5, 0.6) is 0 Å². The van der Waals surface area contributed by atoms with Crippen molar-refractivity contribution in [2.24, 2.45) is 4.99 Å². The standard InChI is InChI=1S/C10H10FIN2S/c1-6-5-15-10(13-6)14-9-3-2-7(11)4-8(9)12/h2-4,6H,5H2,1H3,(H,13,14). The van der Waals surface area contributed by atoms with E-state index in [9.17, 15) is 4.39 Å². The Bertz CT molecular complexity index is 408. The van der Waals surface area contributed by atoms with Crippen molar-refractivity contribution in [3.05, 3.63) is 27.6 Å². The van der Waals surface area contributed by atoms with Crippen LogP contribution in [0.2, 0.25) is 0 Å². The molecule has 1 atom stereocenters. The monoisotopic (exact) mass is 336 g/mol. The summed E-state index contributed by atoms with van der Waals surface area (Å²) in [6.07, 6.45) is 0. The molecule has 0 fully saturated rings. The molecule has 1 aliphatic rings. The third-order valence-corrected chi connectivity index (χ3v) is 3.99. The van der Waals surface area contributed by atoms with E-state index in [2.05, 4.69) is 39.8 Å². The molecule has 0 saturated carbocycles. The van der Waals surface area contributed by atoms with Crippen LogP contribution in [0, 0.1) is 9.39 Å². The molecule has 1 unspecified atom stereocenters. The average Bonchev–Trinajstić information content (AvgIpc) is 2.56. The Hall–Kier alpha value is -0.300. The molecule has 0 amide bonds.